The van der Waals surface area contributed by atoms with Crippen LogP contribution in [-0.2, 0) is 22.4 Å². The number of phenols is 1. The highest BCUT2D eigenvalue weighted by molar-refractivity contribution is 7.89. The number of amides is 1. The number of rotatable bonds is 4. The molecule has 1 heterocycles. The van der Waals surface area contributed by atoms with Gasteiger partial charge in [-0.05, 0) is 49.2 Å². The van der Waals surface area contributed by atoms with Crippen molar-refractivity contribution in [1.29, 1.82) is 0 Å². The fraction of sp³-hybridized carbons (Fsp3) is 0.316. The van der Waals surface area contributed by atoms with Gasteiger partial charge in [0.1, 0.15) is 5.75 Å². The summed E-state index contributed by atoms with van der Waals surface area (Å²) in [6.07, 6.45) is -9.00. The number of alkyl halides is 6. The van der Waals surface area contributed by atoms with Crippen molar-refractivity contribution < 1.29 is 44.7 Å². The number of carbonyl (C=O) groups is 1. The maximum absolute atomic E-state index is 13.0. The highest BCUT2D eigenvalue weighted by Crippen LogP contribution is 2.37. The average molecular weight is 482 g/mol. The molecule has 13 heteroatoms. The molecule has 1 aliphatic heterocycles. The van der Waals surface area contributed by atoms with Crippen LogP contribution in [0, 0.1) is 0 Å². The first-order valence-electron chi connectivity index (χ1n) is 9.13. The third kappa shape index (κ3) is 4.99. The van der Waals surface area contributed by atoms with Gasteiger partial charge < -0.3 is 10.4 Å². The Labute approximate surface area is 178 Å². The second kappa shape index (κ2) is 8.28. The van der Waals surface area contributed by atoms with Crippen molar-refractivity contribution in [3.05, 3.63) is 53.1 Å². The summed E-state index contributed by atoms with van der Waals surface area (Å²) < 4.78 is 105. The molecule has 1 saturated heterocycles. The van der Waals surface area contributed by atoms with Crippen LogP contribution < -0.4 is 5.32 Å². The third-order valence-corrected chi connectivity index (χ3v) is 6.66. The van der Waals surface area contributed by atoms with E-state index < -0.39 is 56.4 Å². The molecule has 2 aromatic rings. The van der Waals surface area contributed by atoms with Crippen LogP contribution in [0.4, 0.5) is 32.0 Å². The van der Waals surface area contributed by atoms with Crippen molar-refractivity contribution in [2.75, 3.05) is 18.4 Å². The van der Waals surface area contributed by atoms with Gasteiger partial charge in [0.05, 0.1) is 21.7 Å². The van der Waals surface area contributed by atoms with E-state index in [-0.39, 0.29) is 36.2 Å². The fourth-order valence-electron chi connectivity index (χ4n) is 3.13. The van der Waals surface area contributed by atoms with E-state index in [4.69, 9.17) is 0 Å². The molecule has 32 heavy (non-hydrogen) atoms. The summed E-state index contributed by atoms with van der Waals surface area (Å²) in [5, 5.41) is 11.9. The number of hydrogen-bond donors (Lipinski definition) is 2. The van der Waals surface area contributed by atoms with Crippen molar-refractivity contribution in [1.82, 2.24) is 4.31 Å². The second-order valence-electron chi connectivity index (χ2n) is 7.04. The first kappa shape index (κ1) is 23.9. The average Bonchev–Trinajstić information content (AvgIpc) is 3.23. The summed E-state index contributed by atoms with van der Waals surface area (Å²) in [4.78, 5) is 12.1. The lowest BCUT2D eigenvalue weighted by Crippen LogP contribution is -2.28. The summed E-state index contributed by atoms with van der Waals surface area (Å²) in [5.74, 6) is -2.02. The number of anilines is 1. The molecule has 0 aromatic heterocycles. The number of nitrogens with one attached hydrogen (secondary N) is 1. The molecule has 6 nitrogen and oxygen atoms in total. The van der Waals surface area contributed by atoms with Gasteiger partial charge in [-0.2, -0.15) is 30.6 Å². The van der Waals surface area contributed by atoms with E-state index in [2.05, 4.69) is 0 Å². The van der Waals surface area contributed by atoms with E-state index >= 15 is 0 Å². The van der Waals surface area contributed by atoms with Gasteiger partial charge in [0.2, 0.25) is 10.0 Å². The van der Waals surface area contributed by atoms with Crippen LogP contribution in [0.15, 0.2) is 41.3 Å². The predicted molar refractivity (Wildman–Crippen MR) is 100 cm³/mol. The molecule has 0 saturated carbocycles. The minimum Gasteiger partial charge on any atom is -0.506 e. The van der Waals surface area contributed by atoms with Crippen molar-refractivity contribution in [2.45, 2.75) is 30.1 Å². The third-order valence-electron chi connectivity index (χ3n) is 4.77. The standard InChI is InChI=1S/C19H16F6N2O4S/c20-18(21,22)12-7-11(8-13(9-12)19(23,24)25)17(29)26-15-10-14(3-4-16(15)28)32(30,31)27-5-1-2-6-27/h3-4,7-10,28H,1-2,5-6H2,(H,26,29). The Morgan fingerprint density at radius 3 is 1.94 bits per heavy atom. The molecule has 0 aliphatic carbocycles. The van der Waals surface area contributed by atoms with Gasteiger partial charge in [0, 0.05) is 18.7 Å². The molecule has 2 N–H and O–H groups in total. The zero-order valence-electron chi connectivity index (χ0n) is 16.1. The molecular weight excluding hydrogens is 466 g/mol. The molecule has 0 atom stereocenters. The van der Waals surface area contributed by atoms with Crippen molar-refractivity contribution >= 4 is 21.6 Å². The van der Waals surface area contributed by atoms with Crippen molar-refractivity contribution in [3.63, 3.8) is 0 Å². The smallest absolute Gasteiger partial charge is 0.416 e. The number of nitrogens with zero attached hydrogens (tertiary/aromatic N) is 1. The van der Waals surface area contributed by atoms with Gasteiger partial charge in [-0.15, -0.1) is 0 Å². The lowest BCUT2D eigenvalue weighted by atomic mass is 10.0. The van der Waals surface area contributed by atoms with Gasteiger partial charge in [0.25, 0.3) is 5.91 Å². The summed E-state index contributed by atoms with van der Waals surface area (Å²) >= 11 is 0. The Balaban J connectivity index is 1.97. The summed E-state index contributed by atoms with van der Waals surface area (Å²) in [6.45, 7) is 0.546. The van der Waals surface area contributed by atoms with Crippen LogP contribution in [-0.4, -0.2) is 36.8 Å². The van der Waals surface area contributed by atoms with E-state index in [1.165, 1.54) is 4.31 Å². The molecule has 0 radical (unpaired) electrons. The Hall–Kier alpha value is -2.80. The zero-order chi connectivity index (χ0) is 23.9. The van der Waals surface area contributed by atoms with Gasteiger partial charge >= 0.3 is 12.4 Å². The second-order valence-corrected chi connectivity index (χ2v) is 8.98. The normalized spacial score (nSPS) is 15.7. The molecule has 0 spiro atoms. The Bertz CT molecular complexity index is 1110. The van der Waals surface area contributed by atoms with Crippen LogP contribution in [0.3, 0.4) is 0 Å². The SMILES string of the molecule is O=C(Nc1cc(S(=O)(=O)N2CCCC2)ccc1O)c1cc(C(F)(F)F)cc(C(F)(F)F)c1. The van der Waals surface area contributed by atoms with Gasteiger partial charge in [0.15, 0.2) is 0 Å². The Kier molecular flexibility index (Phi) is 6.17. The quantitative estimate of drug-likeness (QED) is 0.498. The minimum absolute atomic E-state index is 0.127. The molecule has 1 fully saturated rings. The molecular formula is C19H16F6N2O4S. The maximum atomic E-state index is 13.0. The molecule has 2 aromatic carbocycles. The topological polar surface area (TPSA) is 86.7 Å². The Morgan fingerprint density at radius 1 is 0.906 bits per heavy atom. The molecule has 174 valence electrons. The van der Waals surface area contributed by atoms with Crippen LogP contribution in [0.5, 0.6) is 5.75 Å². The number of aromatic hydroxyl groups is 1. The predicted octanol–water partition coefficient (Wildman–Crippen LogP) is 4.47. The molecule has 0 bridgehead atoms. The largest absolute Gasteiger partial charge is 0.506 e. The van der Waals surface area contributed by atoms with E-state index in [1.807, 2.05) is 5.32 Å². The van der Waals surface area contributed by atoms with E-state index in [0.29, 0.717) is 12.8 Å². The summed E-state index contributed by atoms with van der Waals surface area (Å²) in [7, 11) is -3.96. The first-order chi connectivity index (χ1) is 14.7. The number of phenolic OH excluding ortho intramolecular Hbond substituents is 1. The number of hydrogen-bond acceptors (Lipinski definition) is 4. The molecule has 0 unspecified atom stereocenters. The highest BCUT2D eigenvalue weighted by Gasteiger charge is 2.37. The zero-order valence-corrected chi connectivity index (χ0v) is 16.9. The monoisotopic (exact) mass is 482 g/mol. The molecule has 3 rings (SSSR count). The first-order valence-corrected chi connectivity index (χ1v) is 10.6. The fourth-order valence-corrected chi connectivity index (χ4v) is 4.68. The lowest BCUT2D eigenvalue weighted by molar-refractivity contribution is -0.143. The van der Waals surface area contributed by atoms with E-state index in [1.54, 1.807) is 0 Å². The van der Waals surface area contributed by atoms with Crippen LogP contribution in [0.25, 0.3) is 0 Å². The van der Waals surface area contributed by atoms with E-state index in [9.17, 15) is 44.7 Å². The number of benzene rings is 2. The lowest BCUT2D eigenvalue weighted by Gasteiger charge is -2.17. The summed E-state index contributed by atoms with van der Waals surface area (Å²) in [6, 6.07) is 3.24. The van der Waals surface area contributed by atoms with Gasteiger partial charge in [-0.25, -0.2) is 8.42 Å². The van der Waals surface area contributed by atoms with Gasteiger partial charge in [-0.1, -0.05) is 0 Å². The minimum atomic E-state index is -5.15. The van der Waals surface area contributed by atoms with Crippen molar-refractivity contribution in [2.24, 2.45) is 0 Å². The summed E-state index contributed by atoms with van der Waals surface area (Å²) in [5.41, 5.74) is -4.83. The Morgan fingerprint density at radius 2 is 1.44 bits per heavy atom. The van der Waals surface area contributed by atoms with Crippen molar-refractivity contribution in [3.8, 4) is 5.75 Å². The number of halogens is 6. The van der Waals surface area contributed by atoms with Crippen LogP contribution in [0.1, 0.15) is 34.3 Å². The highest BCUT2D eigenvalue weighted by atomic mass is 32.2. The maximum Gasteiger partial charge on any atom is 0.416 e. The number of sulfonamides is 1. The number of carbonyl (C=O) groups excluding carboxylic acids is 1. The molecule has 1 aliphatic rings. The van der Waals surface area contributed by atoms with Crippen LogP contribution in [0.2, 0.25) is 0 Å². The van der Waals surface area contributed by atoms with Gasteiger partial charge in [-0.3, -0.25) is 4.79 Å². The molecule has 1 amide bonds. The van der Waals surface area contributed by atoms with E-state index in [0.717, 1.165) is 18.2 Å². The van der Waals surface area contributed by atoms with Crippen LogP contribution >= 0.6 is 0 Å².